The van der Waals surface area contributed by atoms with Gasteiger partial charge in [0.1, 0.15) is 17.4 Å². The van der Waals surface area contributed by atoms with Crippen molar-refractivity contribution in [3.63, 3.8) is 0 Å². The summed E-state index contributed by atoms with van der Waals surface area (Å²) in [6.45, 7) is 1.49. The molecule has 1 unspecified atom stereocenters. The molecule has 0 aliphatic rings. The van der Waals surface area contributed by atoms with Crippen LogP contribution in [0.2, 0.25) is 0 Å². The Morgan fingerprint density at radius 3 is 2.61 bits per heavy atom. The highest BCUT2D eigenvalue weighted by Crippen LogP contribution is 2.25. The average Bonchev–Trinajstić information content (AvgIpc) is 3.03. The molecular weight excluding hydrogens is 370 g/mol. The summed E-state index contributed by atoms with van der Waals surface area (Å²) in [4.78, 5) is 27.8. The number of halogens is 2. The first kappa shape index (κ1) is 19.2. The molecule has 0 saturated carbocycles. The summed E-state index contributed by atoms with van der Waals surface area (Å²) in [6, 6.07) is 10.1. The fourth-order valence-corrected chi connectivity index (χ4v) is 2.73. The third kappa shape index (κ3) is 4.22. The number of carbonyl (C=O) groups excluding carboxylic acids is 1. The third-order valence-corrected chi connectivity index (χ3v) is 4.05. The summed E-state index contributed by atoms with van der Waals surface area (Å²) >= 11 is 0. The number of carbonyl (C=O) groups is 2. The molecule has 8 heteroatoms. The van der Waals surface area contributed by atoms with Crippen LogP contribution >= 0.6 is 0 Å². The number of oxazole rings is 1. The van der Waals surface area contributed by atoms with Crippen molar-refractivity contribution in [1.82, 2.24) is 10.3 Å². The molecule has 144 valence electrons. The van der Waals surface area contributed by atoms with Gasteiger partial charge in [-0.25, -0.2) is 13.8 Å². The van der Waals surface area contributed by atoms with Gasteiger partial charge in [0.2, 0.25) is 5.89 Å². The van der Waals surface area contributed by atoms with Gasteiger partial charge in [0.05, 0.1) is 18.0 Å². The van der Waals surface area contributed by atoms with Gasteiger partial charge in [-0.2, -0.15) is 0 Å². The number of amides is 1. The molecule has 0 saturated heterocycles. The van der Waals surface area contributed by atoms with E-state index in [1.165, 1.54) is 43.3 Å². The molecule has 28 heavy (non-hydrogen) atoms. The molecule has 1 aromatic heterocycles. The molecule has 0 fully saturated rings. The van der Waals surface area contributed by atoms with Crippen LogP contribution in [-0.4, -0.2) is 22.0 Å². The van der Waals surface area contributed by atoms with Gasteiger partial charge < -0.3 is 14.8 Å². The summed E-state index contributed by atoms with van der Waals surface area (Å²) in [5.41, 5.74) is 0.285. The minimum absolute atomic E-state index is 0.0682. The van der Waals surface area contributed by atoms with E-state index >= 15 is 0 Å². The van der Waals surface area contributed by atoms with Crippen molar-refractivity contribution in [2.45, 2.75) is 19.4 Å². The van der Waals surface area contributed by atoms with E-state index in [4.69, 9.17) is 9.52 Å². The Labute approximate surface area is 158 Å². The topological polar surface area (TPSA) is 92.4 Å². The number of nitrogens with zero attached hydrogens (tertiary/aromatic N) is 1. The molecule has 1 heterocycles. The van der Waals surface area contributed by atoms with Gasteiger partial charge in [-0.3, -0.25) is 9.59 Å². The van der Waals surface area contributed by atoms with Crippen molar-refractivity contribution in [3.05, 3.63) is 77.2 Å². The van der Waals surface area contributed by atoms with Crippen molar-refractivity contribution in [1.29, 1.82) is 0 Å². The Bertz CT molecular complexity index is 1030. The molecule has 6 nitrogen and oxygen atoms in total. The summed E-state index contributed by atoms with van der Waals surface area (Å²) < 4.78 is 32.8. The normalized spacial score (nSPS) is 11.8. The van der Waals surface area contributed by atoms with Crippen LogP contribution in [-0.2, 0) is 4.79 Å². The first-order valence-corrected chi connectivity index (χ1v) is 8.35. The fourth-order valence-electron chi connectivity index (χ4n) is 2.73. The zero-order chi connectivity index (χ0) is 20.3. The van der Waals surface area contributed by atoms with Gasteiger partial charge in [0.25, 0.3) is 5.91 Å². The zero-order valence-electron chi connectivity index (χ0n) is 14.8. The Kier molecular flexibility index (Phi) is 5.49. The smallest absolute Gasteiger partial charge is 0.305 e. The quantitative estimate of drug-likeness (QED) is 0.671. The highest BCUT2D eigenvalue weighted by atomic mass is 19.1. The summed E-state index contributed by atoms with van der Waals surface area (Å²) in [5.74, 6) is -2.91. The van der Waals surface area contributed by atoms with Gasteiger partial charge in [0, 0.05) is 0 Å². The molecule has 0 aliphatic heterocycles. The van der Waals surface area contributed by atoms with Gasteiger partial charge in [-0.05, 0) is 36.8 Å². The SMILES string of the molecule is Cc1oc(-c2ccccc2F)nc1C(=O)NC(CC(=O)O)c1cccc(F)c1. The summed E-state index contributed by atoms with van der Waals surface area (Å²) in [7, 11) is 0. The fraction of sp³-hybridized carbons (Fsp3) is 0.150. The standard InChI is InChI=1S/C20H16F2N2O4/c1-11-18(24-20(28-11)14-7-2-3-8-15(14)22)19(27)23-16(10-17(25)26)12-5-4-6-13(21)9-12/h2-9,16H,10H2,1H3,(H,23,27)(H,25,26). The van der Waals surface area contributed by atoms with Crippen LogP contribution in [0.25, 0.3) is 11.5 Å². The van der Waals surface area contributed by atoms with Crippen molar-refractivity contribution in [2.24, 2.45) is 0 Å². The molecule has 0 aliphatic carbocycles. The first-order valence-electron chi connectivity index (χ1n) is 8.35. The number of rotatable bonds is 6. The van der Waals surface area contributed by atoms with Crippen LogP contribution in [0.5, 0.6) is 0 Å². The molecule has 2 aromatic carbocycles. The van der Waals surface area contributed by atoms with Crippen LogP contribution in [0.4, 0.5) is 8.78 Å². The van der Waals surface area contributed by atoms with E-state index in [1.807, 2.05) is 0 Å². The number of carboxylic acids is 1. The molecule has 1 atom stereocenters. The molecule has 2 N–H and O–H groups in total. The van der Waals surface area contributed by atoms with Gasteiger partial charge in [-0.15, -0.1) is 0 Å². The average molecular weight is 386 g/mol. The maximum Gasteiger partial charge on any atom is 0.305 e. The van der Waals surface area contributed by atoms with E-state index < -0.39 is 36.0 Å². The van der Waals surface area contributed by atoms with Crippen LogP contribution in [0.1, 0.15) is 34.3 Å². The number of aliphatic carboxylic acids is 1. The van der Waals surface area contributed by atoms with E-state index in [2.05, 4.69) is 10.3 Å². The minimum atomic E-state index is -1.17. The highest BCUT2D eigenvalue weighted by Gasteiger charge is 2.24. The zero-order valence-corrected chi connectivity index (χ0v) is 14.8. The van der Waals surface area contributed by atoms with Crippen molar-refractivity contribution >= 4 is 11.9 Å². The Morgan fingerprint density at radius 1 is 1.18 bits per heavy atom. The third-order valence-electron chi connectivity index (χ3n) is 4.05. The van der Waals surface area contributed by atoms with E-state index in [1.54, 1.807) is 6.07 Å². The molecule has 0 bridgehead atoms. The molecule has 3 aromatic rings. The molecule has 3 rings (SSSR count). The first-order chi connectivity index (χ1) is 13.3. The molecular formula is C20H16F2N2O4. The number of aromatic nitrogens is 1. The predicted octanol–water partition coefficient (Wildman–Crippen LogP) is 3.87. The van der Waals surface area contributed by atoms with Gasteiger partial charge >= 0.3 is 5.97 Å². The van der Waals surface area contributed by atoms with Gasteiger partial charge in [-0.1, -0.05) is 24.3 Å². The minimum Gasteiger partial charge on any atom is -0.481 e. The van der Waals surface area contributed by atoms with E-state index in [0.29, 0.717) is 5.56 Å². The van der Waals surface area contributed by atoms with Crippen molar-refractivity contribution < 1.29 is 27.9 Å². The lowest BCUT2D eigenvalue weighted by Crippen LogP contribution is -2.31. The van der Waals surface area contributed by atoms with Crippen LogP contribution in [0.3, 0.4) is 0 Å². The molecule has 0 spiro atoms. The Balaban J connectivity index is 1.88. The largest absolute Gasteiger partial charge is 0.481 e. The second-order valence-electron chi connectivity index (χ2n) is 6.08. The van der Waals surface area contributed by atoms with Crippen LogP contribution in [0.15, 0.2) is 52.9 Å². The maximum atomic E-state index is 13.9. The number of aryl methyl sites for hydroxylation is 1. The number of hydrogen-bond acceptors (Lipinski definition) is 4. The molecule has 1 amide bonds. The lowest BCUT2D eigenvalue weighted by Gasteiger charge is -2.17. The van der Waals surface area contributed by atoms with E-state index in [9.17, 15) is 18.4 Å². The van der Waals surface area contributed by atoms with Crippen LogP contribution in [0, 0.1) is 18.6 Å². The lowest BCUT2D eigenvalue weighted by molar-refractivity contribution is -0.137. The number of nitrogens with one attached hydrogen (secondary N) is 1. The van der Waals surface area contributed by atoms with Crippen LogP contribution < -0.4 is 5.32 Å². The van der Waals surface area contributed by atoms with Crippen molar-refractivity contribution in [2.75, 3.05) is 0 Å². The van der Waals surface area contributed by atoms with Gasteiger partial charge in [0.15, 0.2) is 5.69 Å². The number of carboxylic acid groups (broad SMARTS) is 1. The van der Waals surface area contributed by atoms with Crippen molar-refractivity contribution in [3.8, 4) is 11.5 Å². The summed E-state index contributed by atoms with van der Waals surface area (Å²) in [5, 5.41) is 11.6. The predicted molar refractivity (Wildman–Crippen MR) is 95.5 cm³/mol. The molecule has 0 radical (unpaired) electrons. The highest BCUT2D eigenvalue weighted by molar-refractivity contribution is 5.94. The van der Waals surface area contributed by atoms with E-state index in [-0.39, 0.29) is 22.9 Å². The second-order valence-corrected chi connectivity index (χ2v) is 6.08. The summed E-state index contributed by atoms with van der Waals surface area (Å²) in [6.07, 6.45) is -0.452. The Morgan fingerprint density at radius 2 is 1.93 bits per heavy atom. The van der Waals surface area contributed by atoms with E-state index in [0.717, 1.165) is 6.07 Å². The lowest BCUT2D eigenvalue weighted by atomic mass is 10.0. The monoisotopic (exact) mass is 386 g/mol. The second kappa shape index (κ2) is 7.99. The maximum absolute atomic E-state index is 13.9. The Hall–Kier alpha value is -3.55. The number of hydrogen-bond donors (Lipinski definition) is 2. The number of benzene rings is 2.